The molecule has 2 aliphatic rings. The van der Waals surface area contributed by atoms with Crippen LogP contribution in [0, 0.1) is 0 Å². The molecule has 0 radical (unpaired) electrons. The van der Waals surface area contributed by atoms with Crippen molar-refractivity contribution in [3.05, 3.63) is 64.7 Å². The molecular weight excluding hydrogens is 346 g/mol. The fourth-order valence-corrected chi connectivity index (χ4v) is 4.36. The predicted molar refractivity (Wildman–Crippen MR) is 106 cm³/mol. The summed E-state index contributed by atoms with van der Waals surface area (Å²) < 4.78 is 0. The Labute approximate surface area is 160 Å². The summed E-state index contributed by atoms with van der Waals surface area (Å²) in [7, 11) is 1.88. The number of halogens is 1. The lowest BCUT2D eigenvalue weighted by Crippen LogP contribution is -2.57. The van der Waals surface area contributed by atoms with E-state index in [4.69, 9.17) is 11.6 Å². The Kier molecular flexibility index (Phi) is 4.51. The summed E-state index contributed by atoms with van der Waals surface area (Å²) >= 11 is 5.97. The van der Waals surface area contributed by atoms with Gasteiger partial charge < -0.3 is 4.90 Å². The highest BCUT2D eigenvalue weighted by atomic mass is 35.5. The normalized spacial score (nSPS) is 24.1. The van der Waals surface area contributed by atoms with Gasteiger partial charge in [0.05, 0.1) is 0 Å². The molecule has 1 atom stereocenters. The Morgan fingerprint density at radius 1 is 1.00 bits per heavy atom. The van der Waals surface area contributed by atoms with Crippen LogP contribution >= 0.6 is 11.6 Å². The highest BCUT2D eigenvalue weighted by molar-refractivity contribution is 6.30. The SMILES string of the molecule is CN1C(=O)C(C)(N2CCN(Cc3ccc(Cl)cc3)CC2)c2ccccc21. The van der Waals surface area contributed by atoms with E-state index in [1.165, 1.54) is 5.56 Å². The van der Waals surface area contributed by atoms with E-state index in [1.807, 2.05) is 37.4 Å². The molecule has 5 heteroatoms. The highest BCUT2D eigenvalue weighted by Crippen LogP contribution is 2.43. The molecule has 0 aromatic heterocycles. The highest BCUT2D eigenvalue weighted by Gasteiger charge is 2.50. The van der Waals surface area contributed by atoms with Crippen molar-refractivity contribution in [1.29, 1.82) is 0 Å². The molecule has 4 nitrogen and oxygen atoms in total. The lowest BCUT2D eigenvalue weighted by atomic mass is 9.90. The summed E-state index contributed by atoms with van der Waals surface area (Å²) in [6, 6.07) is 16.2. The first kappa shape index (κ1) is 17.5. The molecule has 136 valence electrons. The van der Waals surface area contributed by atoms with Gasteiger partial charge in [0.25, 0.3) is 5.91 Å². The minimum absolute atomic E-state index is 0.171. The summed E-state index contributed by atoms with van der Waals surface area (Å²) in [5.74, 6) is 0.171. The zero-order valence-electron chi connectivity index (χ0n) is 15.3. The zero-order chi connectivity index (χ0) is 18.3. The van der Waals surface area contributed by atoms with Crippen LogP contribution in [0.5, 0.6) is 0 Å². The van der Waals surface area contributed by atoms with Crippen molar-refractivity contribution in [3.8, 4) is 0 Å². The van der Waals surface area contributed by atoms with Crippen LogP contribution in [0.3, 0.4) is 0 Å². The summed E-state index contributed by atoms with van der Waals surface area (Å²) in [5, 5.41) is 0.772. The molecule has 0 bridgehead atoms. The van der Waals surface area contributed by atoms with E-state index in [0.29, 0.717) is 0 Å². The first-order chi connectivity index (χ1) is 12.5. The molecule has 0 N–H and O–H groups in total. The number of fused-ring (bicyclic) bond motifs is 1. The number of piperazine rings is 1. The molecule has 26 heavy (non-hydrogen) atoms. The first-order valence-corrected chi connectivity index (χ1v) is 9.47. The number of nitrogens with zero attached hydrogens (tertiary/aromatic N) is 3. The van der Waals surface area contributed by atoms with Crippen molar-refractivity contribution < 1.29 is 4.79 Å². The third-order valence-corrected chi connectivity index (χ3v) is 6.09. The minimum atomic E-state index is -0.558. The maximum absolute atomic E-state index is 13.0. The lowest BCUT2D eigenvalue weighted by Gasteiger charge is -2.43. The maximum atomic E-state index is 13.0. The van der Waals surface area contributed by atoms with Crippen molar-refractivity contribution in [2.75, 3.05) is 38.1 Å². The van der Waals surface area contributed by atoms with E-state index in [9.17, 15) is 4.79 Å². The number of amides is 1. The quantitative estimate of drug-likeness (QED) is 0.830. The van der Waals surface area contributed by atoms with Crippen LogP contribution in [-0.4, -0.2) is 48.9 Å². The molecule has 4 rings (SSSR count). The van der Waals surface area contributed by atoms with Gasteiger partial charge in [-0.2, -0.15) is 0 Å². The van der Waals surface area contributed by atoms with Crippen LogP contribution in [-0.2, 0) is 16.9 Å². The fourth-order valence-electron chi connectivity index (χ4n) is 4.24. The lowest BCUT2D eigenvalue weighted by molar-refractivity contribution is -0.130. The number of anilines is 1. The molecule has 0 spiro atoms. The number of hydrogen-bond acceptors (Lipinski definition) is 3. The second-order valence-electron chi connectivity index (χ2n) is 7.34. The molecule has 1 saturated heterocycles. The number of likely N-dealkylation sites (N-methyl/N-ethyl adjacent to an activating group) is 1. The van der Waals surface area contributed by atoms with Crippen LogP contribution in [0.25, 0.3) is 0 Å². The molecule has 0 aliphatic carbocycles. The van der Waals surface area contributed by atoms with E-state index >= 15 is 0 Å². The molecule has 1 fully saturated rings. The molecule has 0 saturated carbocycles. The molecule has 2 aromatic carbocycles. The molecular formula is C21H24ClN3O. The zero-order valence-corrected chi connectivity index (χ0v) is 16.0. The van der Waals surface area contributed by atoms with Crippen LogP contribution in [0.2, 0.25) is 5.02 Å². The van der Waals surface area contributed by atoms with E-state index in [1.54, 1.807) is 4.90 Å². The Bertz CT molecular complexity index is 814. The average Bonchev–Trinajstić information content (AvgIpc) is 2.87. The molecule has 2 aromatic rings. The first-order valence-electron chi connectivity index (χ1n) is 9.09. The van der Waals surface area contributed by atoms with E-state index in [-0.39, 0.29) is 5.91 Å². The van der Waals surface area contributed by atoms with Crippen molar-refractivity contribution in [2.24, 2.45) is 0 Å². The van der Waals surface area contributed by atoms with Gasteiger partial charge in [0.1, 0.15) is 5.54 Å². The fraction of sp³-hybridized carbons (Fsp3) is 0.381. The smallest absolute Gasteiger partial charge is 0.251 e. The molecule has 2 aliphatic heterocycles. The summed E-state index contributed by atoms with van der Waals surface area (Å²) in [6.07, 6.45) is 0. The maximum Gasteiger partial charge on any atom is 0.251 e. The van der Waals surface area contributed by atoms with Gasteiger partial charge in [-0.05, 0) is 30.7 Å². The number of rotatable bonds is 3. The largest absolute Gasteiger partial charge is 0.313 e. The molecule has 2 heterocycles. The topological polar surface area (TPSA) is 26.8 Å². The summed E-state index contributed by atoms with van der Waals surface area (Å²) in [6.45, 7) is 6.68. The van der Waals surface area contributed by atoms with Gasteiger partial charge in [0.15, 0.2) is 0 Å². The Hall–Kier alpha value is -1.88. The van der Waals surface area contributed by atoms with Gasteiger partial charge in [-0.3, -0.25) is 14.6 Å². The monoisotopic (exact) mass is 369 g/mol. The van der Waals surface area contributed by atoms with Crippen LogP contribution in [0.1, 0.15) is 18.1 Å². The second kappa shape index (κ2) is 6.69. The van der Waals surface area contributed by atoms with Gasteiger partial charge >= 0.3 is 0 Å². The summed E-state index contributed by atoms with van der Waals surface area (Å²) in [5.41, 5.74) is 2.87. The van der Waals surface area contributed by atoms with Crippen molar-refractivity contribution in [2.45, 2.75) is 19.0 Å². The Balaban J connectivity index is 1.48. The third-order valence-electron chi connectivity index (χ3n) is 5.84. The van der Waals surface area contributed by atoms with E-state index < -0.39 is 5.54 Å². The Morgan fingerprint density at radius 3 is 2.35 bits per heavy atom. The molecule has 1 amide bonds. The Morgan fingerprint density at radius 2 is 1.65 bits per heavy atom. The van der Waals surface area contributed by atoms with Crippen molar-refractivity contribution >= 4 is 23.2 Å². The predicted octanol–water partition coefficient (Wildman–Crippen LogP) is 3.35. The van der Waals surface area contributed by atoms with Crippen LogP contribution in [0.4, 0.5) is 5.69 Å². The van der Waals surface area contributed by atoms with Gasteiger partial charge in [0, 0.05) is 56.0 Å². The van der Waals surface area contributed by atoms with E-state index in [0.717, 1.165) is 49.0 Å². The van der Waals surface area contributed by atoms with Gasteiger partial charge in [-0.1, -0.05) is 41.9 Å². The number of carbonyl (C=O) groups is 1. The standard InChI is InChI=1S/C21H24ClN3O/c1-21(18-5-3-4-6-19(18)23(2)20(21)26)25-13-11-24(12-14-25)15-16-7-9-17(22)10-8-16/h3-10H,11-15H2,1-2H3. The number of benzene rings is 2. The third kappa shape index (κ3) is 2.82. The van der Waals surface area contributed by atoms with Gasteiger partial charge in [-0.15, -0.1) is 0 Å². The van der Waals surface area contributed by atoms with E-state index in [2.05, 4.69) is 34.9 Å². The van der Waals surface area contributed by atoms with Gasteiger partial charge in [0.2, 0.25) is 0 Å². The van der Waals surface area contributed by atoms with Gasteiger partial charge in [-0.25, -0.2) is 0 Å². The average molecular weight is 370 g/mol. The van der Waals surface area contributed by atoms with Crippen molar-refractivity contribution in [3.63, 3.8) is 0 Å². The molecule has 1 unspecified atom stereocenters. The van der Waals surface area contributed by atoms with Crippen LogP contribution < -0.4 is 4.90 Å². The van der Waals surface area contributed by atoms with Crippen LogP contribution in [0.15, 0.2) is 48.5 Å². The minimum Gasteiger partial charge on any atom is -0.313 e. The van der Waals surface area contributed by atoms with Crippen molar-refractivity contribution in [1.82, 2.24) is 9.80 Å². The second-order valence-corrected chi connectivity index (χ2v) is 7.78. The number of carbonyl (C=O) groups excluding carboxylic acids is 1. The number of hydrogen-bond donors (Lipinski definition) is 0. The number of para-hydroxylation sites is 1. The summed E-state index contributed by atoms with van der Waals surface area (Å²) in [4.78, 5) is 19.6.